The minimum atomic E-state index is -0.382. The molecule has 0 aromatic carbocycles. The van der Waals surface area contributed by atoms with Crippen molar-refractivity contribution in [2.45, 2.75) is 71.4 Å². The standard InChI is InChI=1S/C14H27NO2/c1-11(12-8-6-5-7-9-12)15-10-13(16)17-14(2,3)4/h11-12,15H,5-10H2,1-4H3/t11-/m0/s1. The van der Waals surface area contributed by atoms with Crippen molar-refractivity contribution in [1.82, 2.24) is 5.32 Å². The van der Waals surface area contributed by atoms with Crippen LogP contribution in [0.1, 0.15) is 59.8 Å². The van der Waals surface area contributed by atoms with Gasteiger partial charge >= 0.3 is 5.97 Å². The van der Waals surface area contributed by atoms with Gasteiger partial charge in [-0.05, 0) is 46.5 Å². The Bertz CT molecular complexity index is 239. The molecule has 0 aliphatic heterocycles. The number of carbonyl (C=O) groups is 1. The molecule has 1 aliphatic carbocycles. The van der Waals surface area contributed by atoms with Gasteiger partial charge < -0.3 is 10.1 Å². The largest absolute Gasteiger partial charge is 0.459 e. The molecule has 100 valence electrons. The topological polar surface area (TPSA) is 38.3 Å². The van der Waals surface area contributed by atoms with Crippen LogP contribution in [0.3, 0.4) is 0 Å². The first-order valence-corrected chi connectivity index (χ1v) is 6.84. The summed E-state index contributed by atoms with van der Waals surface area (Å²) in [5.74, 6) is 0.575. The summed E-state index contributed by atoms with van der Waals surface area (Å²) in [5, 5.41) is 3.30. The average molecular weight is 241 g/mol. The summed E-state index contributed by atoms with van der Waals surface area (Å²) in [6, 6.07) is 0.419. The minimum absolute atomic E-state index is 0.153. The van der Waals surface area contributed by atoms with Gasteiger partial charge in [0.2, 0.25) is 0 Å². The number of ether oxygens (including phenoxy) is 1. The van der Waals surface area contributed by atoms with Crippen molar-refractivity contribution in [3.63, 3.8) is 0 Å². The van der Waals surface area contributed by atoms with Crippen LogP contribution in [0, 0.1) is 5.92 Å². The lowest BCUT2D eigenvalue weighted by Crippen LogP contribution is -2.40. The predicted molar refractivity (Wildman–Crippen MR) is 69.9 cm³/mol. The van der Waals surface area contributed by atoms with Gasteiger partial charge in [-0.25, -0.2) is 0 Å². The third kappa shape index (κ3) is 6.06. The fourth-order valence-electron chi connectivity index (χ4n) is 2.42. The first kappa shape index (κ1) is 14.5. The quantitative estimate of drug-likeness (QED) is 0.769. The Balaban J connectivity index is 2.22. The summed E-state index contributed by atoms with van der Waals surface area (Å²) in [4.78, 5) is 11.6. The van der Waals surface area contributed by atoms with Crippen LogP contribution in [0.15, 0.2) is 0 Å². The van der Waals surface area contributed by atoms with Crippen molar-refractivity contribution in [3.8, 4) is 0 Å². The molecule has 17 heavy (non-hydrogen) atoms. The molecule has 0 heterocycles. The fraction of sp³-hybridized carbons (Fsp3) is 0.929. The zero-order chi connectivity index (χ0) is 12.9. The molecule has 1 rings (SSSR count). The van der Waals surface area contributed by atoms with Crippen molar-refractivity contribution >= 4 is 5.97 Å². The summed E-state index contributed by atoms with van der Waals surface area (Å²) in [7, 11) is 0. The monoisotopic (exact) mass is 241 g/mol. The van der Waals surface area contributed by atoms with Crippen LogP contribution in [0.4, 0.5) is 0 Å². The Morgan fingerprint density at radius 2 is 1.88 bits per heavy atom. The van der Waals surface area contributed by atoms with E-state index in [0.717, 1.165) is 5.92 Å². The van der Waals surface area contributed by atoms with Crippen LogP contribution in [0.25, 0.3) is 0 Å². The lowest BCUT2D eigenvalue weighted by Gasteiger charge is -2.28. The number of esters is 1. The molecule has 1 saturated carbocycles. The Kier molecular flexibility index (Phi) is 5.44. The first-order chi connectivity index (χ1) is 7.88. The Morgan fingerprint density at radius 3 is 2.41 bits per heavy atom. The lowest BCUT2D eigenvalue weighted by molar-refractivity contribution is -0.153. The minimum Gasteiger partial charge on any atom is -0.459 e. The molecule has 3 heteroatoms. The smallest absolute Gasteiger partial charge is 0.320 e. The molecule has 0 spiro atoms. The summed E-state index contributed by atoms with van der Waals surface area (Å²) in [6.07, 6.45) is 6.63. The first-order valence-electron chi connectivity index (χ1n) is 6.84. The van der Waals surface area contributed by atoms with Gasteiger partial charge in [0.25, 0.3) is 0 Å². The highest BCUT2D eigenvalue weighted by Crippen LogP contribution is 2.26. The molecule has 0 aromatic heterocycles. The molecule has 1 N–H and O–H groups in total. The molecular weight excluding hydrogens is 214 g/mol. The van der Waals surface area contributed by atoms with Gasteiger partial charge in [0.15, 0.2) is 0 Å². The van der Waals surface area contributed by atoms with Crippen LogP contribution >= 0.6 is 0 Å². The molecule has 1 fully saturated rings. The third-order valence-electron chi connectivity index (χ3n) is 3.35. The van der Waals surface area contributed by atoms with Gasteiger partial charge in [-0.3, -0.25) is 4.79 Å². The van der Waals surface area contributed by atoms with Crippen LogP contribution in [-0.2, 0) is 9.53 Å². The molecule has 0 unspecified atom stereocenters. The van der Waals surface area contributed by atoms with E-state index < -0.39 is 0 Å². The van der Waals surface area contributed by atoms with Crippen molar-refractivity contribution in [2.24, 2.45) is 5.92 Å². The van der Waals surface area contributed by atoms with Crippen molar-refractivity contribution < 1.29 is 9.53 Å². The van der Waals surface area contributed by atoms with E-state index in [1.807, 2.05) is 20.8 Å². The van der Waals surface area contributed by atoms with Gasteiger partial charge in [0.05, 0.1) is 6.54 Å². The highest BCUT2D eigenvalue weighted by molar-refractivity contribution is 5.72. The Hall–Kier alpha value is -0.570. The normalized spacial score (nSPS) is 20.0. The van der Waals surface area contributed by atoms with Crippen LogP contribution < -0.4 is 5.32 Å². The summed E-state index contributed by atoms with van der Waals surface area (Å²) >= 11 is 0. The Morgan fingerprint density at radius 1 is 1.29 bits per heavy atom. The van der Waals surface area contributed by atoms with E-state index in [1.165, 1.54) is 32.1 Å². The summed E-state index contributed by atoms with van der Waals surface area (Å²) in [5.41, 5.74) is -0.382. The van der Waals surface area contributed by atoms with Crippen LogP contribution in [0.5, 0.6) is 0 Å². The van der Waals surface area contributed by atoms with E-state index in [9.17, 15) is 4.79 Å². The predicted octanol–water partition coefficient (Wildman–Crippen LogP) is 2.89. The van der Waals surface area contributed by atoms with Gasteiger partial charge in [0.1, 0.15) is 5.60 Å². The molecule has 0 radical (unpaired) electrons. The fourth-order valence-corrected chi connectivity index (χ4v) is 2.42. The average Bonchev–Trinajstić information content (AvgIpc) is 2.25. The van der Waals surface area contributed by atoms with Crippen LogP contribution in [-0.4, -0.2) is 24.2 Å². The van der Waals surface area contributed by atoms with E-state index in [0.29, 0.717) is 12.6 Å². The van der Waals surface area contributed by atoms with E-state index in [4.69, 9.17) is 4.74 Å². The van der Waals surface area contributed by atoms with Gasteiger partial charge in [-0.2, -0.15) is 0 Å². The third-order valence-corrected chi connectivity index (χ3v) is 3.35. The number of rotatable bonds is 4. The molecule has 0 amide bonds. The Labute approximate surface area is 105 Å². The molecule has 0 saturated heterocycles. The van der Waals surface area contributed by atoms with Crippen LogP contribution in [0.2, 0.25) is 0 Å². The highest BCUT2D eigenvalue weighted by Gasteiger charge is 2.21. The maximum atomic E-state index is 11.6. The molecular formula is C14H27NO2. The van der Waals surface area contributed by atoms with Crippen molar-refractivity contribution in [1.29, 1.82) is 0 Å². The summed E-state index contributed by atoms with van der Waals surface area (Å²) < 4.78 is 5.27. The van der Waals surface area contributed by atoms with E-state index in [2.05, 4.69) is 12.2 Å². The molecule has 1 aliphatic rings. The maximum absolute atomic E-state index is 11.6. The number of hydrogen-bond donors (Lipinski definition) is 1. The van der Waals surface area contributed by atoms with E-state index in [1.54, 1.807) is 0 Å². The molecule has 3 nitrogen and oxygen atoms in total. The number of carbonyl (C=O) groups excluding carboxylic acids is 1. The molecule has 0 bridgehead atoms. The van der Waals surface area contributed by atoms with Crippen molar-refractivity contribution in [2.75, 3.05) is 6.54 Å². The summed E-state index contributed by atoms with van der Waals surface area (Å²) in [6.45, 7) is 8.20. The van der Waals surface area contributed by atoms with Gasteiger partial charge in [-0.15, -0.1) is 0 Å². The number of nitrogens with one attached hydrogen (secondary N) is 1. The number of hydrogen-bond acceptors (Lipinski definition) is 3. The molecule has 0 aromatic rings. The lowest BCUT2D eigenvalue weighted by atomic mass is 9.84. The van der Waals surface area contributed by atoms with E-state index in [-0.39, 0.29) is 11.6 Å². The van der Waals surface area contributed by atoms with Gasteiger partial charge in [0, 0.05) is 6.04 Å². The second-order valence-corrected chi connectivity index (χ2v) is 6.15. The SMILES string of the molecule is C[C@H](NCC(=O)OC(C)(C)C)C1CCCCC1. The maximum Gasteiger partial charge on any atom is 0.320 e. The van der Waals surface area contributed by atoms with Gasteiger partial charge in [-0.1, -0.05) is 19.3 Å². The van der Waals surface area contributed by atoms with E-state index >= 15 is 0 Å². The second kappa shape index (κ2) is 6.39. The molecule has 1 atom stereocenters. The highest BCUT2D eigenvalue weighted by atomic mass is 16.6. The second-order valence-electron chi connectivity index (χ2n) is 6.15. The zero-order valence-electron chi connectivity index (χ0n) is 11.7. The zero-order valence-corrected chi connectivity index (χ0v) is 11.7. The van der Waals surface area contributed by atoms with Crippen molar-refractivity contribution in [3.05, 3.63) is 0 Å².